The van der Waals surface area contributed by atoms with Crippen LogP contribution in [-0.4, -0.2) is 37.0 Å². The fourth-order valence-electron chi connectivity index (χ4n) is 3.20. The first-order valence-electron chi connectivity index (χ1n) is 8.15. The SMILES string of the molecule is CC[C@@H]1CN(C(C)=O)CC[C@@H]1NCc1ccc(OC)c(C#N)c1. The van der Waals surface area contributed by atoms with Crippen molar-refractivity contribution in [1.29, 1.82) is 5.26 Å². The van der Waals surface area contributed by atoms with Gasteiger partial charge in [0.15, 0.2) is 0 Å². The third-order valence-electron chi connectivity index (χ3n) is 4.66. The van der Waals surface area contributed by atoms with Gasteiger partial charge < -0.3 is 15.0 Å². The second-order valence-electron chi connectivity index (χ2n) is 6.06. The Bertz CT molecular complexity index is 594. The van der Waals surface area contributed by atoms with Crippen LogP contribution in [0.25, 0.3) is 0 Å². The van der Waals surface area contributed by atoms with Gasteiger partial charge in [-0.1, -0.05) is 19.4 Å². The van der Waals surface area contributed by atoms with Crippen molar-refractivity contribution in [3.8, 4) is 11.8 Å². The molecule has 1 aliphatic rings. The Balaban J connectivity index is 1.98. The Morgan fingerprint density at radius 1 is 1.52 bits per heavy atom. The van der Waals surface area contributed by atoms with Gasteiger partial charge >= 0.3 is 0 Å². The fourth-order valence-corrected chi connectivity index (χ4v) is 3.20. The summed E-state index contributed by atoms with van der Waals surface area (Å²) < 4.78 is 5.17. The Kier molecular flexibility index (Phi) is 6.00. The molecule has 5 nitrogen and oxygen atoms in total. The number of piperidine rings is 1. The smallest absolute Gasteiger partial charge is 0.219 e. The highest BCUT2D eigenvalue weighted by Crippen LogP contribution is 2.22. The van der Waals surface area contributed by atoms with Gasteiger partial charge in [-0.25, -0.2) is 0 Å². The van der Waals surface area contributed by atoms with Crippen molar-refractivity contribution in [2.45, 2.75) is 39.3 Å². The van der Waals surface area contributed by atoms with E-state index in [1.165, 1.54) is 0 Å². The van der Waals surface area contributed by atoms with Crippen LogP contribution in [0, 0.1) is 17.2 Å². The monoisotopic (exact) mass is 315 g/mol. The molecule has 1 N–H and O–H groups in total. The number of methoxy groups -OCH3 is 1. The van der Waals surface area contributed by atoms with E-state index in [-0.39, 0.29) is 5.91 Å². The van der Waals surface area contributed by atoms with Crippen LogP contribution in [-0.2, 0) is 11.3 Å². The van der Waals surface area contributed by atoms with Gasteiger partial charge in [0.25, 0.3) is 0 Å². The van der Waals surface area contributed by atoms with Crippen LogP contribution >= 0.6 is 0 Å². The molecule has 2 rings (SSSR count). The third-order valence-corrected chi connectivity index (χ3v) is 4.66. The highest BCUT2D eigenvalue weighted by atomic mass is 16.5. The molecule has 2 atom stereocenters. The third kappa shape index (κ3) is 4.23. The van der Waals surface area contributed by atoms with Crippen LogP contribution in [0.2, 0.25) is 0 Å². The van der Waals surface area contributed by atoms with Gasteiger partial charge in [-0.2, -0.15) is 5.26 Å². The Labute approximate surface area is 138 Å². The standard InChI is InChI=1S/C18H25N3O2/c1-4-15-12-21(13(2)22)8-7-17(15)20-11-14-5-6-18(23-3)16(9-14)10-19/h5-6,9,15,17,20H,4,7-8,11-12H2,1-3H3/t15-,17+/m1/s1. The summed E-state index contributed by atoms with van der Waals surface area (Å²) in [5.41, 5.74) is 1.64. The van der Waals surface area contributed by atoms with Gasteiger partial charge in [0.05, 0.1) is 12.7 Å². The minimum absolute atomic E-state index is 0.163. The van der Waals surface area contributed by atoms with Crippen LogP contribution in [0.5, 0.6) is 5.75 Å². The minimum atomic E-state index is 0.163. The number of nitrogens with one attached hydrogen (secondary N) is 1. The number of carbonyl (C=O) groups excluding carboxylic acids is 1. The summed E-state index contributed by atoms with van der Waals surface area (Å²) in [5.74, 6) is 1.24. The predicted molar refractivity (Wildman–Crippen MR) is 89.0 cm³/mol. The molecule has 0 radical (unpaired) electrons. The Hall–Kier alpha value is -2.06. The number of hydrogen-bond donors (Lipinski definition) is 1. The lowest BCUT2D eigenvalue weighted by Crippen LogP contribution is -2.50. The van der Waals surface area contributed by atoms with Gasteiger partial charge in [-0.3, -0.25) is 4.79 Å². The van der Waals surface area contributed by atoms with E-state index in [9.17, 15) is 4.79 Å². The maximum absolute atomic E-state index is 11.5. The molecule has 1 aromatic rings. The van der Waals surface area contributed by atoms with Crippen LogP contribution in [0.15, 0.2) is 18.2 Å². The van der Waals surface area contributed by atoms with Crippen molar-refractivity contribution in [2.24, 2.45) is 5.92 Å². The number of likely N-dealkylation sites (tertiary alicyclic amines) is 1. The van der Waals surface area contributed by atoms with Gasteiger partial charge in [0, 0.05) is 32.6 Å². The van der Waals surface area contributed by atoms with Crippen molar-refractivity contribution in [2.75, 3.05) is 20.2 Å². The molecule has 0 unspecified atom stereocenters. The van der Waals surface area contributed by atoms with E-state index in [0.29, 0.717) is 23.3 Å². The highest BCUT2D eigenvalue weighted by molar-refractivity contribution is 5.73. The summed E-state index contributed by atoms with van der Waals surface area (Å²) in [5, 5.41) is 12.8. The zero-order valence-corrected chi connectivity index (χ0v) is 14.1. The lowest BCUT2D eigenvalue weighted by Gasteiger charge is -2.38. The second-order valence-corrected chi connectivity index (χ2v) is 6.06. The fraction of sp³-hybridized carbons (Fsp3) is 0.556. The van der Waals surface area contributed by atoms with Crippen LogP contribution in [0.3, 0.4) is 0 Å². The summed E-state index contributed by atoms with van der Waals surface area (Å²) in [6.45, 7) is 6.18. The molecular weight excluding hydrogens is 290 g/mol. The Morgan fingerprint density at radius 3 is 2.91 bits per heavy atom. The lowest BCUT2D eigenvalue weighted by molar-refractivity contribution is -0.131. The number of rotatable bonds is 5. The van der Waals surface area contributed by atoms with E-state index in [1.807, 2.05) is 23.1 Å². The first-order valence-corrected chi connectivity index (χ1v) is 8.15. The zero-order valence-electron chi connectivity index (χ0n) is 14.1. The summed E-state index contributed by atoms with van der Waals surface area (Å²) >= 11 is 0. The first-order chi connectivity index (χ1) is 11.1. The largest absolute Gasteiger partial charge is 0.495 e. The number of nitriles is 1. The van der Waals surface area contributed by atoms with E-state index in [1.54, 1.807) is 14.0 Å². The second kappa shape index (κ2) is 7.98. The molecule has 0 aliphatic carbocycles. The van der Waals surface area contributed by atoms with Crippen molar-refractivity contribution in [3.05, 3.63) is 29.3 Å². The van der Waals surface area contributed by atoms with Gasteiger partial charge in [-0.15, -0.1) is 0 Å². The van der Waals surface area contributed by atoms with E-state index < -0.39 is 0 Å². The average Bonchev–Trinajstić information content (AvgIpc) is 2.59. The van der Waals surface area contributed by atoms with Crippen LogP contribution in [0.1, 0.15) is 37.8 Å². The highest BCUT2D eigenvalue weighted by Gasteiger charge is 2.28. The summed E-state index contributed by atoms with van der Waals surface area (Å²) in [6.07, 6.45) is 2.02. The number of carbonyl (C=O) groups is 1. The van der Waals surface area contributed by atoms with E-state index in [4.69, 9.17) is 10.00 Å². The number of nitrogens with zero attached hydrogens (tertiary/aromatic N) is 2. The molecule has 124 valence electrons. The maximum atomic E-state index is 11.5. The number of ether oxygens (including phenoxy) is 1. The van der Waals surface area contributed by atoms with E-state index >= 15 is 0 Å². The topological polar surface area (TPSA) is 65.4 Å². The summed E-state index contributed by atoms with van der Waals surface area (Å²) in [6, 6.07) is 8.27. The Morgan fingerprint density at radius 2 is 2.30 bits per heavy atom. The molecule has 0 spiro atoms. The number of benzene rings is 1. The molecular formula is C18H25N3O2. The van der Waals surface area contributed by atoms with Gasteiger partial charge in [0.2, 0.25) is 5.91 Å². The van der Waals surface area contributed by atoms with Crippen molar-refractivity contribution in [3.63, 3.8) is 0 Å². The zero-order chi connectivity index (χ0) is 16.8. The summed E-state index contributed by atoms with van der Waals surface area (Å²) in [7, 11) is 1.57. The van der Waals surface area contributed by atoms with Crippen molar-refractivity contribution >= 4 is 5.91 Å². The molecule has 0 bridgehead atoms. The molecule has 1 amide bonds. The van der Waals surface area contributed by atoms with Gasteiger partial charge in [0.1, 0.15) is 11.8 Å². The molecule has 5 heteroatoms. The molecule has 1 heterocycles. The molecule has 23 heavy (non-hydrogen) atoms. The van der Waals surface area contributed by atoms with Crippen molar-refractivity contribution < 1.29 is 9.53 Å². The predicted octanol–water partition coefficient (Wildman–Crippen LogP) is 2.30. The van der Waals surface area contributed by atoms with Crippen LogP contribution < -0.4 is 10.1 Å². The number of hydrogen-bond acceptors (Lipinski definition) is 4. The molecule has 1 fully saturated rings. The van der Waals surface area contributed by atoms with Crippen molar-refractivity contribution in [1.82, 2.24) is 10.2 Å². The minimum Gasteiger partial charge on any atom is -0.495 e. The average molecular weight is 315 g/mol. The maximum Gasteiger partial charge on any atom is 0.219 e. The summed E-state index contributed by atoms with van der Waals surface area (Å²) in [4.78, 5) is 13.5. The van der Waals surface area contributed by atoms with E-state index in [2.05, 4.69) is 18.3 Å². The van der Waals surface area contributed by atoms with E-state index in [0.717, 1.165) is 38.0 Å². The normalized spacial score (nSPS) is 20.9. The first kappa shape index (κ1) is 17.3. The molecule has 1 aliphatic heterocycles. The molecule has 1 saturated heterocycles. The lowest BCUT2D eigenvalue weighted by atomic mass is 9.89. The van der Waals surface area contributed by atoms with Crippen LogP contribution in [0.4, 0.5) is 0 Å². The van der Waals surface area contributed by atoms with Gasteiger partial charge in [-0.05, 0) is 30.0 Å². The quantitative estimate of drug-likeness (QED) is 0.905. The molecule has 1 aromatic carbocycles. The molecule has 0 aromatic heterocycles. The number of amides is 1. The molecule has 0 saturated carbocycles.